The van der Waals surface area contributed by atoms with Crippen LogP contribution in [0.3, 0.4) is 0 Å². The Hall–Kier alpha value is -0.0800. The normalized spacial score (nSPS) is 35.3. The van der Waals surface area contributed by atoms with Crippen molar-refractivity contribution >= 4 is 0 Å². The maximum atomic E-state index is 3.50. The van der Waals surface area contributed by atoms with E-state index in [1.807, 2.05) is 0 Å². The summed E-state index contributed by atoms with van der Waals surface area (Å²) in [5, 5.41) is 3.50. The highest BCUT2D eigenvalue weighted by atomic mass is 15.2. The predicted octanol–water partition coefficient (Wildman–Crippen LogP) is 1.33. The molecule has 0 aromatic heterocycles. The van der Waals surface area contributed by atoms with E-state index in [0.29, 0.717) is 5.41 Å². The predicted molar refractivity (Wildman–Crippen MR) is 55.8 cm³/mol. The van der Waals surface area contributed by atoms with E-state index in [4.69, 9.17) is 0 Å². The van der Waals surface area contributed by atoms with Crippen LogP contribution >= 0.6 is 0 Å². The van der Waals surface area contributed by atoms with Crippen molar-refractivity contribution in [2.75, 3.05) is 26.2 Å². The van der Waals surface area contributed by atoms with Gasteiger partial charge in [0.15, 0.2) is 0 Å². The fourth-order valence-corrected chi connectivity index (χ4v) is 2.74. The second-order valence-corrected chi connectivity index (χ2v) is 5.81. The molecule has 2 saturated heterocycles. The lowest BCUT2D eigenvalue weighted by molar-refractivity contribution is 0.177. The van der Waals surface area contributed by atoms with Crippen LogP contribution in [-0.4, -0.2) is 37.1 Å². The molecule has 0 unspecified atom stereocenters. The van der Waals surface area contributed by atoms with E-state index in [2.05, 4.69) is 31.0 Å². The minimum absolute atomic E-state index is 0.456. The molecule has 76 valence electrons. The summed E-state index contributed by atoms with van der Waals surface area (Å²) in [4.78, 5) is 2.69. The van der Waals surface area contributed by atoms with Crippen LogP contribution in [0.4, 0.5) is 0 Å². The third-order valence-electron chi connectivity index (χ3n) is 3.24. The minimum Gasteiger partial charge on any atom is -0.315 e. The van der Waals surface area contributed by atoms with Gasteiger partial charge in [-0.25, -0.2) is 0 Å². The number of likely N-dealkylation sites (tertiary alicyclic amines) is 1. The smallest absolute Gasteiger partial charge is 0.0261 e. The van der Waals surface area contributed by atoms with Gasteiger partial charge in [0.2, 0.25) is 0 Å². The lowest BCUT2D eigenvalue weighted by Gasteiger charge is -2.30. The molecule has 2 nitrogen and oxygen atoms in total. The molecule has 13 heavy (non-hydrogen) atoms. The van der Waals surface area contributed by atoms with Crippen molar-refractivity contribution in [2.24, 2.45) is 11.3 Å². The second-order valence-electron chi connectivity index (χ2n) is 5.81. The highest BCUT2D eigenvalue weighted by molar-refractivity contribution is 4.95. The summed E-state index contributed by atoms with van der Waals surface area (Å²) in [6.45, 7) is 12.1. The summed E-state index contributed by atoms with van der Waals surface area (Å²) in [6, 6.07) is 0.847. The van der Waals surface area contributed by atoms with Gasteiger partial charge in [-0.3, -0.25) is 4.90 Å². The SMILES string of the molecule is CC(C)(C)CN1CC[C@@H]2CNC[C@@H]21. The van der Waals surface area contributed by atoms with E-state index in [-0.39, 0.29) is 0 Å². The van der Waals surface area contributed by atoms with Crippen LogP contribution in [0, 0.1) is 11.3 Å². The van der Waals surface area contributed by atoms with Crippen LogP contribution in [0.15, 0.2) is 0 Å². The van der Waals surface area contributed by atoms with Crippen molar-refractivity contribution < 1.29 is 0 Å². The number of nitrogens with zero attached hydrogens (tertiary/aromatic N) is 1. The van der Waals surface area contributed by atoms with Crippen LogP contribution in [-0.2, 0) is 0 Å². The van der Waals surface area contributed by atoms with Gasteiger partial charge in [-0.15, -0.1) is 0 Å². The standard InChI is InChI=1S/C11H22N2/c1-11(2,3)8-13-5-4-9-6-12-7-10(9)13/h9-10,12H,4-8H2,1-3H3/t9-,10+/m1/s1. The molecule has 0 aromatic carbocycles. The molecule has 2 aliphatic heterocycles. The highest BCUT2D eigenvalue weighted by Gasteiger charge is 2.38. The van der Waals surface area contributed by atoms with E-state index in [9.17, 15) is 0 Å². The zero-order valence-corrected chi connectivity index (χ0v) is 9.14. The maximum absolute atomic E-state index is 3.50. The first kappa shape index (κ1) is 9.47. The van der Waals surface area contributed by atoms with Gasteiger partial charge < -0.3 is 5.32 Å². The molecule has 2 rings (SSSR count). The number of hydrogen-bond donors (Lipinski definition) is 1. The van der Waals surface area contributed by atoms with E-state index < -0.39 is 0 Å². The average molecular weight is 182 g/mol. The van der Waals surface area contributed by atoms with Gasteiger partial charge in [0, 0.05) is 19.1 Å². The first-order valence-electron chi connectivity index (χ1n) is 5.51. The molecule has 1 N–H and O–H groups in total. The number of hydrogen-bond acceptors (Lipinski definition) is 2. The largest absolute Gasteiger partial charge is 0.315 e. The second kappa shape index (κ2) is 3.25. The molecule has 0 bridgehead atoms. The Morgan fingerprint density at radius 3 is 2.77 bits per heavy atom. The Balaban J connectivity index is 1.94. The molecule has 0 spiro atoms. The first-order valence-corrected chi connectivity index (χ1v) is 5.51. The van der Waals surface area contributed by atoms with Crippen molar-refractivity contribution in [2.45, 2.75) is 33.2 Å². The molecule has 2 fully saturated rings. The van der Waals surface area contributed by atoms with Gasteiger partial charge in [-0.2, -0.15) is 0 Å². The van der Waals surface area contributed by atoms with Gasteiger partial charge in [-0.05, 0) is 30.8 Å². The molecule has 2 aliphatic rings. The van der Waals surface area contributed by atoms with Crippen LogP contribution in [0.1, 0.15) is 27.2 Å². The average Bonchev–Trinajstić information content (AvgIpc) is 2.50. The summed E-state index contributed by atoms with van der Waals surface area (Å²) < 4.78 is 0. The Kier molecular flexibility index (Phi) is 2.37. The monoisotopic (exact) mass is 182 g/mol. The van der Waals surface area contributed by atoms with Gasteiger partial charge in [0.05, 0.1) is 0 Å². The Morgan fingerprint density at radius 1 is 1.31 bits per heavy atom. The lowest BCUT2D eigenvalue weighted by Crippen LogP contribution is -2.39. The van der Waals surface area contributed by atoms with Crippen molar-refractivity contribution in [3.05, 3.63) is 0 Å². The molecule has 2 atom stereocenters. The molecule has 0 saturated carbocycles. The molecular formula is C11H22N2. The van der Waals surface area contributed by atoms with Gasteiger partial charge >= 0.3 is 0 Å². The third kappa shape index (κ3) is 2.05. The van der Waals surface area contributed by atoms with E-state index in [1.54, 1.807) is 0 Å². The molecule has 2 heteroatoms. The molecule has 0 aromatic rings. The van der Waals surface area contributed by atoms with Crippen molar-refractivity contribution in [1.29, 1.82) is 0 Å². The van der Waals surface area contributed by atoms with Crippen molar-refractivity contribution in [3.8, 4) is 0 Å². The zero-order valence-electron chi connectivity index (χ0n) is 9.14. The Labute approximate surface area is 81.7 Å². The fourth-order valence-electron chi connectivity index (χ4n) is 2.74. The third-order valence-corrected chi connectivity index (χ3v) is 3.24. The first-order chi connectivity index (χ1) is 6.06. The van der Waals surface area contributed by atoms with Crippen LogP contribution in [0.2, 0.25) is 0 Å². The van der Waals surface area contributed by atoms with E-state index >= 15 is 0 Å². The maximum Gasteiger partial charge on any atom is 0.0261 e. The van der Waals surface area contributed by atoms with Gasteiger partial charge in [0.1, 0.15) is 0 Å². The van der Waals surface area contributed by atoms with Gasteiger partial charge in [-0.1, -0.05) is 20.8 Å². The number of nitrogens with one attached hydrogen (secondary N) is 1. The zero-order chi connectivity index (χ0) is 9.47. The van der Waals surface area contributed by atoms with E-state index in [0.717, 1.165) is 12.0 Å². The molecule has 0 aliphatic carbocycles. The van der Waals surface area contributed by atoms with Gasteiger partial charge in [0.25, 0.3) is 0 Å². The Morgan fingerprint density at radius 2 is 2.08 bits per heavy atom. The Bertz CT molecular complexity index is 183. The van der Waals surface area contributed by atoms with Crippen LogP contribution < -0.4 is 5.32 Å². The fraction of sp³-hybridized carbons (Fsp3) is 1.00. The molecule has 0 radical (unpaired) electrons. The summed E-state index contributed by atoms with van der Waals surface area (Å²) >= 11 is 0. The number of fused-ring (bicyclic) bond motifs is 1. The summed E-state index contributed by atoms with van der Waals surface area (Å²) in [7, 11) is 0. The molecular weight excluding hydrogens is 160 g/mol. The van der Waals surface area contributed by atoms with Crippen LogP contribution in [0.5, 0.6) is 0 Å². The topological polar surface area (TPSA) is 15.3 Å². The van der Waals surface area contributed by atoms with Crippen LogP contribution in [0.25, 0.3) is 0 Å². The number of rotatable bonds is 1. The quantitative estimate of drug-likeness (QED) is 0.658. The lowest BCUT2D eigenvalue weighted by atomic mass is 9.95. The molecule has 0 amide bonds. The van der Waals surface area contributed by atoms with E-state index in [1.165, 1.54) is 32.6 Å². The summed E-state index contributed by atoms with van der Waals surface area (Å²) in [5.41, 5.74) is 0.456. The highest BCUT2D eigenvalue weighted by Crippen LogP contribution is 2.29. The summed E-state index contributed by atoms with van der Waals surface area (Å²) in [5.74, 6) is 0.947. The van der Waals surface area contributed by atoms with Crippen molar-refractivity contribution in [1.82, 2.24) is 10.2 Å². The minimum atomic E-state index is 0.456. The summed E-state index contributed by atoms with van der Waals surface area (Å²) in [6.07, 6.45) is 1.41. The molecule has 2 heterocycles. The van der Waals surface area contributed by atoms with Crippen molar-refractivity contribution in [3.63, 3.8) is 0 Å².